The Bertz CT molecular complexity index is 547. The highest BCUT2D eigenvalue weighted by atomic mass is 35.5. The molecule has 0 saturated heterocycles. The third-order valence-corrected chi connectivity index (χ3v) is 3.20. The van der Waals surface area contributed by atoms with Gasteiger partial charge in [0.25, 0.3) is 5.19 Å². The minimum absolute atomic E-state index is 0.166. The van der Waals surface area contributed by atoms with Gasteiger partial charge in [0.15, 0.2) is 5.82 Å². The SMILES string of the molecule is COC(C)c1nsc(Oc2ccc(N)cc2Cl)n1. The average molecular weight is 286 g/mol. The Morgan fingerprint density at radius 3 is 2.89 bits per heavy atom. The van der Waals surface area contributed by atoms with Gasteiger partial charge in [0.1, 0.15) is 11.9 Å². The molecule has 2 N–H and O–H groups in total. The summed E-state index contributed by atoms with van der Waals surface area (Å²) in [5, 5.41) is 0.854. The first kappa shape index (κ1) is 13.1. The van der Waals surface area contributed by atoms with Crippen molar-refractivity contribution in [3.63, 3.8) is 0 Å². The Morgan fingerprint density at radius 1 is 1.44 bits per heavy atom. The fraction of sp³-hybridized carbons (Fsp3) is 0.273. The number of benzene rings is 1. The van der Waals surface area contributed by atoms with E-state index in [1.807, 2.05) is 6.92 Å². The van der Waals surface area contributed by atoms with Gasteiger partial charge in [-0.25, -0.2) is 0 Å². The standard InChI is InChI=1S/C11H12ClN3O2S/c1-6(16-2)10-14-11(18-15-10)17-9-4-3-7(13)5-8(9)12/h3-6H,13H2,1-2H3. The molecule has 1 unspecified atom stereocenters. The number of rotatable bonds is 4. The van der Waals surface area contributed by atoms with Gasteiger partial charge in [0.05, 0.1) is 5.02 Å². The Morgan fingerprint density at radius 2 is 2.22 bits per heavy atom. The van der Waals surface area contributed by atoms with Crippen LogP contribution < -0.4 is 10.5 Å². The van der Waals surface area contributed by atoms with Gasteiger partial charge in [0.2, 0.25) is 0 Å². The average Bonchev–Trinajstić information content (AvgIpc) is 2.80. The van der Waals surface area contributed by atoms with E-state index in [9.17, 15) is 0 Å². The maximum atomic E-state index is 6.00. The molecule has 0 amide bonds. The van der Waals surface area contributed by atoms with E-state index in [0.717, 1.165) is 11.5 Å². The predicted octanol–water partition coefficient (Wildman–Crippen LogP) is 3.27. The second kappa shape index (κ2) is 5.51. The second-order valence-electron chi connectivity index (χ2n) is 3.59. The molecule has 0 aliphatic carbocycles. The summed E-state index contributed by atoms with van der Waals surface area (Å²) in [5.41, 5.74) is 6.18. The minimum atomic E-state index is -0.166. The molecule has 1 aromatic heterocycles. The number of nitrogens with two attached hydrogens (primary N) is 1. The van der Waals surface area contributed by atoms with Gasteiger partial charge in [-0.2, -0.15) is 9.36 Å². The van der Waals surface area contributed by atoms with Crippen molar-refractivity contribution in [2.75, 3.05) is 12.8 Å². The molecule has 2 aromatic rings. The van der Waals surface area contributed by atoms with Gasteiger partial charge < -0.3 is 15.2 Å². The smallest absolute Gasteiger partial charge is 0.298 e. The molecule has 96 valence electrons. The third kappa shape index (κ3) is 2.90. The zero-order valence-electron chi connectivity index (χ0n) is 9.88. The zero-order valence-corrected chi connectivity index (χ0v) is 11.5. The van der Waals surface area contributed by atoms with Crippen LogP contribution in [0.4, 0.5) is 5.69 Å². The molecule has 0 saturated carbocycles. The van der Waals surface area contributed by atoms with Crippen molar-refractivity contribution in [2.24, 2.45) is 0 Å². The maximum Gasteiger partial charge on any atom is 0.298 e. The van der Waals surface area contributed by atoms with Crippen LogP contribution >= 0.6 is 23.1 Å². The van der Waals surface area contributed by atoms with Crippen LogP contribution in [0.5, 0.6) is 10.9 Å². The number of nitrogen functional groups attached to an aromatic ring is 1. The second-order valence-corrected chi connectivity index (χ2v) is 4.71. The molecule has 0 bridgehead atoms. The summed E-state index contributed by atoms with van der Waals surface area (Å²) in [4.78, 5) is 4.21. The van der Waals surface area contributed by atoms with Crippen molar-refractivity contribution in [1.82, 2.24) is 9.36 Å². The van der Waals surface area contributed by atoms with Gasteiger partial charge in [0, 0.05) is 24.3 Å². The lowest BCUT2D eigenvalue weighted by Gasteiger charge is -2.04. The molecule has 0 fully saturated rings. The van der Waals surface area contributed by atoms with Crippen LogP contribution in [-0.4, -0.2) is 16.5 Å². The van der Waals surface area contributed by atoms with E-state index < -0.39 is 0 Å². The molecule has 1 atom stereocenters. The van der Waals surface area contributed by atoms with Crippen LogP contribution in [0, 0.1) is 0 Å². The summed E-state index contributed by atoms with van der Waals surface area (Å²) in [7, 11) is 1.60. The molecule has 0 spiro atoms. The number of anilines is 1. The van der Waals surface area contributed by atoms with Crippen molar-refractivity contribution >= 4 is 28.8 Å². The van der Waals surface area contributed by atoms with Gasteiger partial charge in [-0.3, -0.25) is 0 Å². The molecule has 18 heavy (non-hydrogen) atoms. The van der Waals surface area contributed by atoms with Crippen LogP contribution in [0.3, 0.4) is 0 Å². The Kier molecular flexibility index (Phi) is 4.00. The number of ether oxygens (including phenoxy) is 2. The van der Waals surface area contributed by atoms with Crippen LogP contribution in [-0.2, 0) is 4.74 Å². The lowest BCUT2D eigenvalue weighted by molar-refractivity contribution is 0.113. The monoisotopic (exact) mass is 285 g/mol. The Balaban J connectivity index is 2.16. The molecule has 1 aromatic carbocycles. The van der Waals surface area contributed by atoms with E-state index in [0.29, 0.717) is 27.5 Å². The molecule has 2 rings (SSSR count). The minimum Gasteiger partial charge on any atom is -0.428 e. The maximum absolute atomic E-state index is 6.00. The summed E-state index contributed by atoms with van der Waals surface area (Å²) in [6.45, 7) is 1.86. The van der Waals surface area contributed by atoms with Crippen LogP contribution in [0.1, 0.15) is 18.9 Å². The van der Waals surface area contributed by atoms with Crippen LogP contribution in [0.2, 0.25) is 5.02 Å². The van der Waals surface area contributed by atoms with Gasteiger partial charge >= 0.3 is 0 Å². The Hall–Kier alpha value is -1.37. The summed E-state index contributed by atoms with van der Waals surface area (Å²) < 4.78 is 14.8. The van der Waals surface area contributed by atoms with Crippen LogP contribution in [0.15, 0.2) is 18.2 Å². The number of aromatic nitrogens is 2. The van der Waals surface area contributed by atoms with E-state index in [4.69, 9.17) is 26.8 Å². The predicted molar refractivity (Wildman–Crippen MR) is 71.3 cm³/mol. The van der Waals surface area contributed by atoms with E-state index in [2.05, 4.69) is 9.36 Å². The molecule has 5 nitrogen and oxygen atoms in total. The number of hydrogen-bond donors (Lipinski definition) is 1. The first-order valence-corrected chi connectivity index (χ1v) is 6.34. The van der Waals surface area contributed by atoms with Crippen molar-refractivity contribution in [3.05, 3.63) is 29.0 Å². The molecular weight excluding hydrogens is 274 g/mol. The molecule has 0 radical (unpaired) electrons. The highest BCUT2D eigenvalue weighted by molar-refractivity contribution is 7.07. The van der Waals surface area contributed by atoms with E-state index in [1.165, 1.54) is 0 Å². The van der Waals surface area contributed by atoms with E-state index >= 15 is 0 Å². The molecule has 1 heterocycles. The van der Waals surface area contributed by atoms with Gasteiger partial charge in [-0.1, -0.05) is 11.6 Å². The lowest BCUT2D eigenvalue weighted by Crippen LogP contribution is -1.97. The fourth-order valence-corrected chi connectivity index (χ4v) is 2.08. The largest absolute Gasteiger partial charge is 0.428 e. The lowest BCUT2D eigenvalue weighted by atomic mass is 10.3. The third-order valence-electron chi connectivity index (χ3n) is 2.29. The first-order chi connectivity index (χ1) is 8.60. The first-order valence-electron chi connectivity index (χ1n) is 5.19. The summed E-state index contributed by atoms with van der Waals surface area (Å²) in [6, 6.07) is 5.02. The van der Waals surface area contributed by atoms with E-state index in [1.54, 1.807) is 25.3 Å². The summed E-state index contributed by atoms with van der Waals surface area (Å²) in [6.07, 6.45) is -0.166. The number of hydrogen-bond acceptors (Lipinski definition) is 6. The molecule has 0 aliphatic rings. The quantitative estimate of drug-likeness (QED) is 0.873. The van der Waals surface area contributed by atoms with Gasteiger partial charge in [-0.15, -0.1) is 0 Å². The van der Waals surface area contributed by atoms with E-state index in [-0.39, 0.29) is 6.10 Å². The fourth-order valence-electron chi connectivity index (χ4n) is 1.23. The highest BCUT2D eigenvalue weighted by Crippen LogP contribution is 2.32. The molecule has 0 aliphatic heterocycles. The summed E-state index contributed by atoms with van der Waals surface area (Å²) in [5.74, 6) is 1.09. The van der Waals surface area contributed by atoms with Crippen molar-refractivity contribution in [1.29, 1.82) is 0 Å². The number of halogens is 1. The molecule has 7 heteroatoms. The normalized spacial score (nSPS) is 12.4. The Labute approximate surface area is 114 Å². The number of nitrogens with zero attached hydrogens (tertiary/aromatic N) is 2. The van der Waals surface area contributed by atoms with Crippen molar-refractivity contribution in [3.8, 4) is 10.9 Å². The van der Waals surface area contributed by atoms with Crippen molar-refractivity contribution < 1.29 is 9.47 Å². The number of methoxy groups -OCH3 is 1. The highest BCUT2D eigenvalue weighted by Gasteiger charge is 2.13. The molecular formula is C11H12ClN3O2S. The topological polar surface area (TPSA) is 70.3 Å². The van der Waals surface area contributed by atoms with Gasteiger partial charge in [-0.05, 0) is 25.1 Å². The zero-order chi connectivity index (χ0) is 13.1. The van der Waals surface area contributed by atoms with Crippen molar-refractivity contribution in [2.45, 2.75) is 13.0 Å². The summed E-state index contributed by atoms with van der Waals surface area (Å²) >= 11 is 7.15. The van der Waals surface area contributed by atoms with Crippen LogP contribution in [0.25, 0.3) is 0 Å².